The summed E-state index contributed by atoms with van der Waals surface area (Å²) in [6.45, 7) is 0.557. The predicted molar refractivity (Wildman–Crippen MR) is 114 cm³/mol. The summed E-state index contributed by atoms with van der Waals surface area (Å²) in [5.41, 5.74) is 2.06. The zero-order valence-corrected chi connectivity index (χ0v) is 17.2. The Morgan fingerprint density at radius 2 is 2.09 bits per heavy atom. The fourth-order valence-electron chi connectivity index (χ4n) is 4.16. The van der Waals surface area contributed by atoms with Crippen molar-refractivity contribution in [1.29, 1.82) is 0 Å². The highest BCUT2D eigenvalue weighted by molar-refractivity contribution is 5.94. The lowest BCUT2D eigenvalue weighted by molar-refractivity contribution is 0.250. The summed E-state index contributed by atoms with van der Waals surface area (Å²) in [4.78, 5) is 16.7. The molecule has 32 heavy (non-hydrogen) atoms. The van der Waals surface area contributed by atoms with E-state index in [0.29, 0.717) is 47.4 Å². The molecule has 2 amide bonds. The molecule has 4 N–H and O–H groups in total. The SMILES string of the molecule is CNc1cc(Nc2cc(F)cc3c2OCC32CC2)nc2c(NC(=O)N[C@@H]3C[C@@H]3F)cnn12. The van der Waals surface area contributed by atoms with E-state index in [-0.39, 0.29) is 11.2 Å². The average Bonchev–Trinajstić information content (AvgIpc) is 3.60. The van der Waals surface area contributed by atoms with Crippen molar-refractivity contribution in [3.63, 3.8) is 0 Å². The van der Waals surface area contributed by atoms with Crippen LogP contribution in [0.4, 0.5) is 36.6 Å². The van der Waals surface area contributed by atoms with Crippen LogP contribution in [0.1, 0.15) is 24.8 Å². The van der Waals surface area contributed by atoms with E-state index in [1.54, 1.807) is 19.2 Å². The highest BCUT2D eigenvalue weighted by atomic mass is 19.1. The molecule has 166 valence electrons. The van der Waals surface area contributed by atoms with Crippen LogP contribution in [0.25, 0.3) is 5.65 Å². The van der Waals surface area contributed by atoms with Crippen LogP contribution in [0, 0.1) is 5.82 Å². The van der Waals surface area contributed by atoms with E-state index in [1.165, 1.54) is 16.8 Å². The molecule has 2 aromatic heterocycles. The maximum absolute atomic E-state index is 14.4. The molecular formula is C21H21F2N7O2. The number of rotatable bonds is 5. The number of nitrogens with zero attached hydrogens (tertiary/aromatic N) is 3. The van der Waals surface area contributed by atoms with Gasteiger partial charge in [0.2, 0.25) is 0 Å². The maximum Gasteiger partial charge on any atom is 0.319 e. The van der Waals surface area contributed by atoms with Gasteiger partial charge in [-0.2, -0.15) is 9.61 Å². The molecule has 0 bridgehead atoms. The summed E-state index contributed by atoms with van der Waals surface area (Å²) < 4.78 is 34.9. The Hall–Kier alpha value is -3.63. The lowest BCUT2D eigenvalue weighted by Gasteiger charge is -2.13. The predicted octanol–water partition coefficient (Wildman–Crippen LogP) is 3.31. The first-order chi connectivity index (χ1) is 15.5. The molecule has 11 heteroatoms. The number of nitrogens with one attached hydrogen (secondary N) is 4. The fraction of sp³-hybridized carbons (Fsp3) is 0.381. The number of benzene rings is 1. The van der Waals surface area contributed by atoms with Gasteiger partial charge in [-0.3, -0.25) is 0 Å². The average molecular weight is 441 g/mol. The van der Waals surface area contributed by atoms with Crippen LogP contribution in [0.15, 0.2) is 24.4 Å². The number of alkyl halides is 1. The molecule has 2 atom stereocenters. The van der Waals surface area contributed by atoms with Gasteiger partial charge in [0.25, 0.3) is 0 Å². The first kappa shape index (κ1) is 19.1. The summed E-state index contributed by atoms with van der Waals surface area (Å²) in [5.74, 6) is 1.33. The van der Waals surface area contributed by atoms with E-state index in [0.717, 1.165) is 18.4 Å². The number of fused-ring (bicyclic) bond motifs is 3. The molecule has 0 saturated heterocycles. The van der Waals surface area contributed by atoms with Crippen molar-refractivity contribution in [2.24, 2.45) is 0 Å². The van der Waals surface area contributed by atoms with Gasteiger partial charge in [0.05, 0.1) is 24.5 Å². The quantitative estimate of drug-likeness (QED) is 0.484. The normalized spacial score (nSPS) is 21.7. The highest BCUT2D eigenvalue weighted by Gasteiger charge is 2.51. The van der Waals surface area contributed by atoms with Gasteiger partial charge in [0, 0.05) is 36.6 Å². The fourth-order valence-corrected chi connectivity index (χ4v) is 4.16. The molecule has 6 rings (SSSR count). The van der Waals surface area contributed by atoms with Gasteiger partial charge in [-0.1, -0.05) is 0 Å². The molecule has 3 heterocycles. The number of ether oxygens (including phenoxy) is 1. The number of halogens is 2. The minimum atomic E-state index is -1.00. The molecule has 1 aliphatic heterocycles. The number of hydrogen-bond donors (Lipinski definition) is 4. The van der Waals surface area contributed by atoms with Crippen LogP contribution in [0.2, 0.25) is 0 Å². The molecule has 3 aromatic rings. The van der Waals surface area contributed by atoms with Gasteiger partial charge in [-0.05, 0) is 18.9 Å². The Balaban J connectivity index is 1.33. The van der Waals surface area contributed by atoms with Crippen LogP contribution < -0.4 is 26.0 Å². The van der Waals surface area contributed by atoms with E-state index in [9.17, 15) is 13.6 Å². The summed E-state index contributed by atoms with van der Waals surface area (Å²) >= 11 is 0. The molecule has 1 spiro atoms. The van der Waals surface area contributed by atoms with Crippen molar-refractivity contribution >= 4 is 34.7 Å². The monoisotopic (exact) mass is 441 g/mol. The second-order valence-corrected chi connectivity index (χ2v) is 8.55. The van der Waals surface area contributed by atoms with Gasteiger partial charge in [0.1, 0.15) is 35.1 Å². The van der Waals surface area contributed by atoms with Crippen molar-refractivity contribution in [3.8, 4) is 5.75 Å². The van der Waals surface area contributed by atoms with Crippen molar-refractivity contribution in [2.75, 3.05) is 29.6 Å². The Labute approximate surface area is 181 Å². The van der Waals surface area contributed by atoms with Crippen LogP contribution in [-0.2, 0) is 5.41 Å². The third-order valence-corrected chi connectivity index (χ3v) is 6.24. The number of aromatic nitrogens is 3. The van der Waals surface area contributed by atoms with E-state index in [1.807, 2.05) is 0 Å². The minimum absolute atomic E-state index is 0.0581. The van der Waals surface area contributed by atoms with Crippen molar-refractivity contribution in [1.82, 2.24) is 19.9 Å². The van der Waals surface area contributed by atoms with Crippen molar-refractivity contribution in [2.45, 2.75) is 36.9 Å². The second kappa shape index (κ2) is 6.68. The zero-order chi connectivity index (χ0) is 22.0. The maximum atomic E-state index is 14.4. The van der Waals surface area contributed by atoms with E-state index < -0.39 is 18.2 Å². The lowest BCUT2D eigenvalue weighted by Crippen LogP contribution is -2.31. The Morgan fingerprint density at radius 1 is 1.28 bits per heavy atom. The molecule has 2 aliphatic carbocycles. The molecule has 0 radical (unpaired) electrons. The molecule has 9 nitrogen and oxygen atoms in total. The number of urea groups is 1. The molecule has 2 saturated carbocycles. The third kappa shape index (κ3) is 3.07. The molecule has 3 aliphatic rings. The zero-order valence-electron chi connectivity index (χ0n) is 17.2. The summed E-state index contributed by atoms with van der Waals surface area (Å²) in [5, 5.41) is 15.7. The topological polar surface area (TPSA) is 105 Å². The summed E-state index contributed by atoms with van der Waals surface area (Å²) in [7, 11) is 1.73. The first-order valence-corrected chi connectivity index (χ1v) is 10.5. The molecule has 2 fully saturated rings. The van der Waals surface area contributed by atoms with Gasteiger partial charge >= 0.3 is 6.03 Å². The molecule has 0 unspecified atom stereocenters. The van der Waals surface area contributed by atoms with Crippen LogP contribution in [0.3, 0.4) is 0 Å². The highest BCUT2D eigenvalue weighted by Crippen LogP contribution is 2.57. The van der Waals surface area contributed by atoms with Crippen molar-refractivity contribution < 1.29 is 18.3 Å². The van der Waals surface area contributed by atoms with Crippen LogP contribution >= 0.6 is 0 Å². The summed E-state index contributed by atoms with van der Waals surface area (Å²) in [6, 6.07) is 3.68. The van der Waals surface area contributed by atoms with E-state index in [2.05, 4.69) is 31.3 Å². The Morgan fingerprint density at radius 3 is 2.81 bits per heavy atom. The van der Waals surface area contributed by atoms with E-state index >= 15 is 0 Å². The van der Waals surface area contributed by atoms with Gasteiger partial charge in [0.15, 0.2) is 5.65 Å². The largest absolute Gasteiger partial charge is 0.490 e. The van der Waals surface area contributed by atoms with Crippen molar-refractivity contribution in [3.05, 3.63) is 35.8 Å². The lowest BCUT2D eigenvalue weighted by atomic mass is 9.98. The van der Waals surface area contributed by atoms with Gasteiger partial charge in [-0.25, -0.2) is 18.6 Å². The van der Waals surface area contributed by atoms with Crippen LogP contribution in [-0.4, -0.2) is 46.5 Å². The summed E-state index contributed by atoms with van der Waals surface area (Å²) in [6.07, 6.45) is 2.77. The van der Waals surface area contributed by atoms with Gasteiger partial charge in [-0.15, -0.1) is 0 Å². The number of carbonyl (C=O) groups is 1. The first-order valence-electron chi connectivity index (χ1n) is 10.5. The van der Waals surface area contributed by atoms with E-state index in [4.69, 9.17) is 4.74 Å². The smallest absolute Gasteiger partial charge is 0.319 e. The number of hydrogen-bond acceptors (Lipinski definition) is 6. The minimum Gasteiger partial charge on any atom is -0.490 e. The standard InChI is InChI=1S/C21H21F2N7O2/c1-24-17-7-16(26-14-5-10(22)4-11-18(14)32-9-21(11)2-3-21)29-19-15(8-25-30(17)19)28-20(31)27-13-6-12(13)23/h4-5,7-8,12-13,24H,2-3,6,9H2,1H3,(H,26,29)(H2,27,28,31)/t12-,13+/m0/s1. The number of carbonyl (C=O) groups excluding carboxylic acids is 1. The number of anilines is 4. The Kier molecular flexibility index (Phi) is 3.99. The van der Waals surface area contributed by atoms with Crippen LogP contribution in [0.5, 0.6) is 5.75 Å². The molecular weight excluding hydrogens is 420 g/mol. The number of amides is 2. The molecule has 1 aromatic carbocycles. The van der Waals surface area contributed by atoms with Gasteiger partial charge < -0.3 is 26.0 Å². The third-order valence-electron chi connectivity index (χ3n) is 6.24. The Bertz CT molecular complexity index is 1260. The second-order valence-electron chi connectivity index (χ2n) is 8.55.